The zero-order chi connectivity index (χ0) is 15.7. The summed E-state index contributed by atoms with van der Waals surface area (Å²) in [6.07, 6.45) is 0. The van der Waals surface area contributed by atoms with Crippen molar-refractivity contribution in [2.24, 2.45) is 5.14 Å². The van der Waals surface area contributed by atoms with Crippen LogP contribution in [0.2, 0.25) is 0 Å². The van der Waals surface area contributed by atoms with Crippen LogP contribution in [0.4, 0.5) is 5.69 Å². The van der Waals surface area contributed by atoms with Crippen molar-refractivity contribution < 1.29 is 16.8 Å². The number of halogens is 1. The summed E-state index contributed by atoms with van der Waals surface area (Å²) in [5.74, 6) is 0. The van der Waals surface area contributed by atoms with E-state index >= 15 is 0 Å². The van der Waals surface area contributed by atoms with Gasteiger partial charge in [-0.05, 0) is 46.3 Å². The lowest BCUT2D eigenvalue weighted by molar-refractivity contribution is 0.597. The van der Waals surface area contributed by atoms with Crippen LogP contribution in [0.1, 0.15) is 0 Å². The van der Waals surface area contributed by atoms with Gasteiger partial charge in [-0.2, -0.15) is 0 Å². The molecule has 21 heavy (non-hydrogen) atoms. The summed E-state index contributed by atoms with van der Waals surface area (Å²) >= 11 is 3.12. The Morgan fingerprint density at radius 1 is 0.905 bits per heavy atom. The maximum Gasteiger partial charge on any atom is 0.261 e. The van der Waals surface area contributed by atoms with E-state index in [-0.39, 0.29) is 20.0 Å². The standard InChI is InChI=1S/C12H11BrN2O4S2/c13-11-8-10(20(14,16)17)6-7-12(11)15-21(18,19)9-4-2-1-3-5-9/h1-8,15H,(H2,14,16,17). The SMILES string of the molecule is NS(=O)(=O)c1ccc(NS(=O)(=O)c2ccccc2)c(Br)c1. The predicted octanol–water partition coefficient (Wildman–Crippen LogP) is 1.90. The number of hydrogen-bond acceptors (Lipinski definition) is 4. The number of nitrogens with one attached hydrogen (secondary N) is 1. The van der Waals surface area contributed by atoms with Gasteiger partial charge in [0.25, 0.3) is 10.0 Å². The highest BCUT2D eigenvalue weighted by molar-refractivity contribution is 9.10. The maximum atomic E-state index is 12.2. The first-order chi connectivity index (χ1) is 9.70. The highest BCUT2D eigenvalue weighted by atomic mass is 79.9. The van der Waals surface area contributed by atoms with E-state index in [1.165, 1.54) is 30.3 Å². The molecule has 0 aliphatic heterocycles. The highest BCUT2D eigenvalue weighted by Crippen LogP contribution is 2.27. The predicted molar refractivity (Wildman–Crippen MR) is 82.8 cm³/mol. The summed E-state index contributed by atoms with van der Waals surface area (Å²) in [4.78, 5) is -0.00976. The molecule has 112 valence electrons. The summed E-state index contributed by atoms with van der Waals surface area (Å²) < 4.78 is 49.4. The van der Waals surface area contributed by atoms with Gasteiger partial charge in [-0.1, -0.05) is 18.2 Å². The zero-order valence-electron chi connectivity index (χ0n) is 10.5. The van der Waals surface area contributed by atoms with Gasteiger partial charge in [0.15, 0.2) is 0 Å². The van der Waals surface area contributed by atoms with Gasteiger partial charge in [-0.3, -0.25) is 4.72 Å². The number of anilines is 1. The smallest absolute Gasteiger partial charge is 0.261 e. The molecule has 0 radical (unpaired) electrons. The second kappa shape index (κ2) is 5.76. The first-order valence-corrected chi connectivity index (χ1v) is 9.42. The molecule has 0 fully saturated rings. The molecule has 0 aromatic heterocycles. The van der Waals surface area contributed by atoms with Gasteiger partial charge in [0, 0.05) is 4.47 Å². The molecule has 0 bridgehead atoms. The lowest BCUT2D eigenvalue weighted by atomic mass is 10.3. The van der Waals surface area contributed by atoms with E-state index in [0.717, 1.165) is 0 Å². The van der Waals surface area contributed by atoms with Gasteiger partial charge in [0.2, 0.25) is 10.0 Å². The van der Waals surface area contributed by atoms with Crippen LogP contribution >= 0.6 is 15.9 Å². The lowest BCUT2D eigenvalue weighted by Crippen LogP contribution is -2.15. The van der Waals surface area contributed by atoms with E-state index in [0.29, 0.717) is 0 Å². The second-order valence-electron chi connectivity index (χ2n) is 4.11. The van der Waals surface area contributed by atoms with E-state index in [4.69, 9.17) is 5.14 Å². The molecule has 0 aliphatic rings. The molecule has 2 aromatic rings. The summed E-state index contributed by atoms with van der Waals surface area (Å²) in [5, 5.41) is 5.01. The van der Waals surface area contributed by atoms with Crippen LogP contribution in [-0.2, 0) is 20.0 Å². The van der Waals surface area contributed by atoms with Crippen molar-refractivity contribution in [3.63, 3.8) is 0 Å². The van der Waals surface area contributed by atoms with Crippen molar-refractivity contribution in [2.75, 3.05) is 4.72 Å². The molecule has 0 atom stereocenters. The van der Waals surface area contributed by atoms with Gasteiger partial charge in [-0.15, -0.1) is 0 Å². The molecule has 3 N–H and O–H groups in total. The topological polar surface area (TPSA) is 106 Å². The van der Waals surface area contributed by atoms with Crippen molar-refractivity contribution in [1.29, 1.82) is 0 Å². The average molecular weight is 391 g/mol. The van der Waals surface area contributed by atoms with Crippen LogP contribution in [0.5, 0.6) is 0 Å². The monoisotopic (exact) mass is 390 g/mol. The Morgan fingerprint density at radius 3 is 2.05 bits per heavy atom. The molecule has 2 aromatic carbocycles. The van der Waals surface area contributed by atoms with Gasteiger partial charge in [0.1, 0.15) is 0 Å². The van der Waals surface area contributed by atoms with E-state index in [2.05, 4.69) is 20.7 Å². The maximum absolute atomic E-state index is 12.2. The van der Waals surface area contributed by atoms with Crippen LogP contribution in [0, 0.1) is 0 Å². The minimum absolute atomic E-state index is 0.104. The average Bonchev–Trinajstić information content (AvgIpc) is 2.41. The lowest BCUT2D eigenvalue weighted by Gasteiger charge is -2.10. The summed E-state index contributed by atoms with van der Waals surface area (Å²) in [5.41, 5.74) is 0.214. The molecule has 0 saturated heterocycles. The summed E-state index contributed by atoms with van der Waals surface area (Å²) in [6.45, 7) is 0. The van der Waals surface area contributed by atoms with Gasteiger partial charge >= 0.3 is 0 Å². The fraction of sp³-hybridized carbons (Fsp3) is 0. The normalized spacial score (nSPS) is 12.1. The number of hydrogen-bond donors (Lipinski definition) is 2. The Bertz CT molecular complexity index is 865. The Hall–Kier alpha value is -1.42. The highest BCUT2D eigenvalue weighted by Gasteiger charge is 2.16. The molecule has 0 heterocycles. The molecule has 0 saturated carbocycles. The van der Waals surface area contributed by atoms with Crippen LogP contribution in [0.15, 0.2) is 62.8 Å². The number of sulfonamides is 2. The third-order valence-corrected chi connectivity index (χ3v) is 5.52. The number of rotatable bonds is 4. The quantitative estimate of drug-likeness (QED) is 0.830. The number of benzene rings is 2. The van der Waals surface area contributed by atoms with Crippen molar-refractivity contribution in [3.8, 4) is 0 Å². The van der Waals surface area contributed by atoms with Crippen LogP contribution in [0.25, 0.3) is 0 Å². The molecule has 0 aliphatic carbocycles. The van der Waals surface area contributed by atoms with Gasteiger partial charge in [-0.25, -0.2) is 22.0 Å². The third-order valence-electron chi connectivity index (χ3n) is 2.57. The van der Waals surface area contributed by atoms with Crippen molar-refractivity contribution in [1.82, 2.24) is 0 Å². The Kier molecular flexibility index (Phi) is 4.38. The Balaban J connectivity index is 2.37. The Labute approximate surface area is 131 Å². The third kappa shape index (κ3) is 3.82. The largest absolute Gasteiger partial charge is 0.278 e. The van der Waals surface area contributed by atoms with Crippen LogP contribution in [0.3, 0.4) is 0 Å². The minimum atomic E-state index is -3.85. The fourth-order valence-corrected chi connectivity index (χ4v) is 3.96. The van der Waals surface area contributed by atoms with Gasteiger partial charge < -0.3 is 0 Å². The second-order valence-corrected chi connectivity index (χ2v) is 8.20. The molecule has 0 unspecified atom stereocenters. The molecular weight excluding hydrogens is 380 g/mol. The molecule has 6 nitrogen and oxygen atoms in total. The molecule has 2 rings (SSSR count). The van der Waals surface area contributed by atoms with Crippen molar-refractivity contribution in [2.45, 2.75) is 9.79 Å². The minimum Gasteiger partial charge on any atom is -0.278 e. The molecule has 0 amide bonds. The zero-order valence-corrected chi connectivity index (χ0v) is 13.7. The first-order valence-electron chi connectivity index (χ1n) is 5.60. The van der Waals surface area contributed by atoms with E-state index < -0.39 is 20.0 Å². The van der Waals surface area contributed by atoms with E-state index in [1.807, 2.05) is 0 Å². The fourth-order valence-electron chi connectivity index (χ4n) is 1.56. The molecule has 9 heteroatoms. The van der Waals surface area contributed by atoms with Gasteiger partial charge in [0.05, 0.1) is 15.5 Å². The Morgan fingerprint density at radius 2 is 1.52 bits per heavy atom. The van der Waals surface area contributed by atoms with Crippen molar-refractivity contribution in [3.05, 3.63) is 53.0 Å². The summed E-state index contributed by atoms with van der Waals surface area (Å²) in [7, 11) is -7.59. The number of nitrogens with two attached hydrogens (primary N) is 1. The van der Waals surface area contributed by atoms with Crippen molar-refractivity contribution >= 4 is 41.7 Å². The van der Waals surface area contributed by atoms with E-state index in [1.54, 1.807) is 18.2 Å². The first kappa shape index (κ1) is 16.0. The molecule has 0 spiro atoms. The van der Waals surface area contributed by atoms with Crippen LogP contribution in [-0.4, -0.2) is 16.8 Å². The van der Waals surface area contributed by atoms with E-state index in [9.17, 15) is 16.8 Å². The number of primary sulfonamides is 1. The summed E-state index contributed by atoms with van der Waals surface area (Å²) in [6, 6.07) is 11.6. The van der Waals surface area contributed by atoms with Crippen LogP contribution < -0.4 is 9.86 Å². The molecular formula is C12H11BrN2O4S2.